The molecule has 0 saturated carbocycles. The van der Waals surface area contributed by atoms with Crippen LogP contribution in [0.1, 0.15) is 57.8 Å². The van der Waals surface area contributed by atoms with Crippen LogP contribution in [0.15, 0.2) is 54.9 Å². The van der Waals surface area contributed by atoms with Crippen LogP contribution in [0.5, 0.6) is 0 Å². The van der Waals surface area contributed by atoms with Crippen molar-refractivity contribution in [3.05, 3.63) is 72.1 Å². The molecule has 9 nitrogen and oxygen atoms in total. The summed E-state index contributed by atoms with van der Waals surface area (Å²) in [6.45, 7) is 8.99. The van der Waals surface area contributed by atoms with Gasteiger partial charge in [-0.3, -0.25) is 4.98 Å². The van der Waals surface area contributed by atoms with Crippen LogP contribution >= 0.6 is 0 Å². The molecular formula is C30H35FN6O3. The van der Waals surface area contributed by atoms with E-state index >= 15 is 0 Å². The maximum absolute atomic E-state index is 14.9. The van der Waals surface area contributed by atoms with Crippen LogP contribution in [-0.4, -0.2) is 54.5 Å². The SMILES string of the molecule is CC(c1ccc2cnc(Nc3ccc(-n4ccc(CO)n4)cc3F)cc2n1)C1CCN(C(=O)OC(C)(C)C)CC1. The van der Waals surface area contributed by atoms with Gasteiger partial charge in [0.2, 0.25) is 0 Å². The zero-order chi connectivity index (χ0) is 28.4. The fourth-order valence-electron chi connectivity index (χ4n) is 4.98. The maximum Gasteiger partial charge on any atom is 0.410 e. The Morgan fingerprint density at radius 1 is 1.18 bits per heavy atom. The van der Waals surface area contributed by atoms with E-state index in [0.29, 0.717) is 36.2 Å². The number of aromatic nitrogens is 4. The summed E-state index contributed by atoms with van der Waals surface area (Å²) in [4.78, 5) is 23.6. The number of benzene rings is 1. The molecule has 40 heavy (non-hydrogen) atoms. The summed E-state index contributed by atoms with van der Waals surface area (Å²) in [6, 6.07) is 12.3. The lowest BCUT2D eigenvalue weighted by molar-refractivity contribution is 0.0175. The molecule has 1 saturated heterocycles. The molecule has 1 aliphatic rings. The largest absolute Gasteiger partial charge is 0.444 e. The number of piperidine rings is 1. The zero-order valence-electron chi connectivity index (χ0n) is 23.3. The van der Waals surface area contributed by atoms with E-state index in [1.807, 2.05) is 39.0 Å². The van der Waals surface area contributed by atoms with E-state index in [2.05, 4.69) is 22.3 Å². The van der Waals surface area contributed by atoms with E-state index in [1.54, 1.807) is 35.5 Å². The standard InChI is InChI=1S/C30H35FN6O3/c1-19(20-9-12-36(13-10-20)29(39)40-30(2,3)4)25-7-5-21-17-32-28(16-27(21)33-25)34-26-8-6-23(15-24(26)31)37-14-11-22(18-38)35-37/h5-8,11,14-17,19-20,38H,9-10,12-13,18H2,1-4H3,(H,32,34). The van der Waals surface area contributed by atoms with Gasteiger partial charge in [-0.15, -0.1) is 0 Å². The summed E-state index contributed by atoms with van der Waals surface area (Å²) >= 11 is 0. The monoisotopic (exact) mass is 546 g/mol. The van der Waals surface area contributed by atoms with Crippen molar-refractivity contribution in [1.82, 2.24) is 24.6 Å². The van der Waals surface area contributed by atoms with Gasteiger partial charge in [0.05, 0.1) is 29.2 Å². The summed E-state index contributed by atoms with van der Waals surface area (Å²) in [5, 5.41) is 17.4. The lowest BCUT2D eigenvalue weighted by Crippen LogP contribution is -2.42. The highest BCUT2D eigenvalue weighted by atomic mass is 19.1. The summed E-state index contributed by atoms with van der Waals surface area (Å²) < 4.78 is 22.0. The molecule has 0 spiro atoms. The van der Waals surface area contributed by atoms with Crippen molar-refractivity contribution in [3.8, 4) is 5.69 Å². The first-order valence-corrected chi connectivity index (χ1v) is 13.6. The van der Waals surface area contributed by atoms with Gasteiger partial charge in [-0.05, 0) is 69.9 Å². The number of hydrogen-bond donors (Lipinski definition) is 2. The predicted octanol–water partition coefficient (Wildman–Crippen LogP) is 5.94. The molecule has 3 aromatic heterocycles. The van der Waals surface area contributed by atoms with Gasteiger partial charge >= 0.3 is 6.09 Å². The summed E-state index contributed by atoms with van der Waals surface area (Å²) in [5.74, 6) is 0.657. The van der Waals surface area contributed by atoms with Gasteiger partial charge in [0, 0.05) is 54.6 Å². The third-order valence-electron chi connectivity index (χ3n) is 7.25. The van der Waals surface area contributed by atoms with Gasteiger partial charge in [-0.2, -0.15) is 5.10 Å². The van der Waals surface area contributed by atoms with Crippen LogP contribution in [0.25, 0.3) is 16.6 Å². The molecule has 4 aromatic rings. The molecule has 1 atom stereocenters. The van der Waals surface area contributed by atoms with Crippen LogP contribution in [0.3, 0.4) is 0 Å². The molecule has 10 heteroatoms. The first-order valence-electron chi connectivity index (χ1n) is 13.6. The van der Waals surface area contributed by atoms with Crippen molar-refractivity contribution in [2.24, 2.45) is 5.92 Å². The smallest absolute Gasteiger partial charge is 0.410 e. The number of halogens is 1. The maximum atomic E-state index is 14.9. The van der Waals surface area contributed by atoms with Crippen LogP contribution in [0, 0.1) is 11.7 Å². The number of aliphatic hydroxyl groups excluding tert-OH is 1. The number of carbonyl (C=O) groups excluding carboxylic acids is 1. The molecule has 1 fully saturated rings. The minimum Gasteiger partial charge on any atom is -0.444 e. The molecule has 5 rings (SSSR count). The second-order valence-electron chi connectivity index (χ2n) is 11.3. The van der Waals surface area contributed by atoms with Gasteiger partial charge in [-0.25, -0.2) is 18.9 Å². The summed E-state index contributed by atoms with van der Waals surface area (Å²) in [5.41, 5.74) is 2.60. The minimum absolute atomic E-state index is 0.176. The van der Waals surface area contributed by atoms with Crippen molar-refractivity contribution >= 4 is 28.5 Å². The van der Waals surface area contributed by atoms with E-state index < -0.39 is 11.4 Å². The number of ether oxygens (including phenoxy) is 1. The Morgan fingerprint density at radius 2 is 1.95 bits per heavy atom. The lowest BCUT2D eigenvalue weighted by Gasteiger charge is -2.35. The Morgan fingerprint density at radius 3 is 2.62 bits per heavy atom. The molecule has 1 unspecified atom stereocenters. The molecular weight excluding hydrogens is 511 g/mol. The third-order valence-corrected chi connectivity index (χ3v) is 7.25. The number of rotatable bonds is 6. The molecule has 1 amide bonds. The fourth-order valence-corrected chi connectivity index (χ4v) is 4.98. The van der Waals surface area contributed by atoms with Crippen molar-refractivity contribution < 1.29 is 19.0 Å². The van der Waals surface area contributed by atoms with Gasteiger partial charge in [0.15, 0.2) is 0 Å². The predicted molar refractivity (Wildman–Crippen MR) is 151 cm³/mol. The Bertz CT molecular complexity index is 1510. The zero-order valence-corrected chi connectivity index (χ0v) is 23.3. The van der Waals surface area contributed by atoms with E-state index in [4.69, 9.17) is 9.72 Å². The fraction of sp³-hybridized carbons (Fsp3) is 0.400. The molecule has 2 N–H and O–H groups in total. The second kappa shape index (κ2) is 11.2. The number of hydrogen-bond acceptors (Lipinski definition) is 7. The number of nitrogens with zero attached hydrogens (tertiary/aromatic N) is 5. The number of likely N-dealkylation sites (tertiary alicyclic amines) is 1. The highest BCUT2D eigenvalue weighted by molar-refractivity contribution is 5.81. The number of fused-ring (bicyclic) bond motifs is 1. The highest BCUT2D eigenvalue weighted by Gasteiger charge is 2.30. The van der Waals surface area contributed by atoms with Crippen LogP contribution in [0.2, 0.25) is 0 Å². The average Bonchev–Trinajstić information content (AvgIpc) is 3.42. The number of nitrogens with one attached hydrogen (secondary N) is 1. The van der Waals surface area contributed by atoms with Gasteiger partial charge in [-0.1, -0.05) is 6.92 Å². The van der Waals surface area contributed by atoms with Crippen molar-refractivity contribution in [2.45, 2.75) is 58.7 Å². The van der Waals surface area contributed by atoms with Crippen molar-refractivity contribution in [1.29, 1.82) is 0 Å². The average molecular weight is 547 g/mol. The molecule has 0 bridgehead atoms. The van der Waals surface area contributed by atoms with Crippen LogP contribution in [0.4, 0.5) is 20.7 Å². The van der Waals surface area contributed by atoms with Crippen LogP contribution < -0.4 is 5.32 Å². The summed E-state index contributed by atoms with van der Waals surface area (Å²) in [6.07, 6.45) is 4.92. The first-order chi connectivity index (χ1) is 19.1. The Hall–Kier alpha value is -4.05. The van der Waals surface area contributed by atoms with E-state index in [-0.39, 0.29) is 24.3 Å². The Balaban J connectivity index is 1.27. The molecule has 210 valence electrons. The molecule has 1 aliphatic heterocycles. The van der Waals surface area contributed by atoms with E-state index in [1.165, 1.54) is 10.7 Å². The van der Waals surface area contributed by atoms with E-state index in [0.717, 1.165) is 29.4 Å². The number of carbonyl (C=O) groups is 1. The quantitative estimate of drug-likeness (QED) is 0.308. The summed E-state index contributed by atoms with van der Waals surface area (Å²) in [7, 11) is 0. The first kappa shape index (κ1) is 27.5. The Kier molecular flexibility index (Phi) is 7.71. The molecule has 0 radical (unpaired) electrons. The van der Waals surface area contributed by atoms with Crippen LogP contribution in [-0.2, 0) is 11.3 Å². The van der Waals surface area contributed by atoms with Crippen molar-refractivity contribution in [3.63, 3.8) is 0 Å². The number of aliphatic hydroxyl groups is 1. The van der Waals surface area contributed by atoms with E-state index in [9.17, 15) is 14.3 Å². The molecule has 0 aliphatic carbocycles. The number of amides is 1. The normalized spacial score (nSPS) is 15.3. The lowest BCUT2D eigenvalue weighted by atomic mass is 9.83. The van der Waals surface area contributed by atoms with Crippen molar-refractivity contribution in [2.75, 3.05) is 18.4 Å². The third kappa shape index (κ3) is 6.22. The Labute approximate surface area is 233 Å². The number of pyridine rings is 2. The molecule has 1 aromatic carbocycles. The topological polar surface area (TPSA) is 105 Å². The molecule has 4 heterocycles. The minimum atomic E-state index is -0.501. The van der Waals surface area contributed by atoms with Gasteiger partial charge in [0.25, 0.3) is 0 Å². The highest BCUT2D eigenvalue weighted by Crippen LogP contribution is 2.33. The second-order valence-corrected chi connectivity index (χ2v) is 11.3. The van der Waals surface area contributed by atoms with Gasteiger partial charge < -0.3 is 20.1 Å². The number of anilines is 2. The van der Waals surface area contributed by atoms with Gasteiger partial charge in [0.1, 0.15) is 17.2 Å².